The molecule has 1 amide bonds. The second-order valence-corrected chi connectivity index (χ2v) is 6.30. The number of amides is 1. The second-order valence-electron chi connectivity index (χ2n) is 5.30. The maximum absolute atomic E-state index is 12.4. The molecule has 1 aliphatic carbocycles. The van der Waals surface area contributed by atoms with Crippen molar-refractivity contribution in [2.75, 3.05) is 13.1 Å². The lowest BCUT2D eigenvalue weighted by Crippen LogP contribution is -2.47. The highest BCUT2D eigenvalue weighted by atomic mass is 32.1. The molecule has 1 fully saturated rings. The summed E-state index contributed by atoms with van der Waals surface area (Å²) in [5, 5.41) is 8.69. The first kappa shape index (κ1) is 12.2. The number of carbonyl (C=O) groups is 1. The molecule has 1 saturated heterocycles. The predicted octanol–water partition coefficient (Wildman–Crippen LogP) is 2.04. The third-order valence-electron chi connectivity index (χ3n) is 4.01. The molecule has 0 saturated carbocycles. The zero-order valence-electron chi connectivity index (χ0n) is 10.6. The molecule has 4 heteroatoms. The van der Waals surface area contributed by atoms with E-state index < -0.39 is 0 Å². The number of piperidine rings is 1. The van der Waals surface area contributed by atoms with E-state index in [4.69, 9.17) is 0 Å². The van der Waals surface area contributed by atoms with Crippen molar-refractivity contribution in [2.45, 2.75) is 44.1 Å². The van der Waals surface area contributed by atoms with Gasteiger partial charge in [-0.15, -0.1) is 11.3 Å². The van der Waals surface area contributed by atoms with Crippen LogP contribution >= 0.6 is 11.3 Å². The van der Waals surface area contributed by atoms with E-state index in [2.05, 4.69) is 22.1 Å². The fraction of sp³-hybridized carbons (Fsp3) is 0.643. The average Bonchev–Trinajstić information content (AvgIpc) is 2.87. The molecule has 2 N–H and O–H groups in total. The summed E-state index contributed by atoms with van der Waals surface area (Å²) in [6, 6.07) is 2.47. The largest absolute Gasteiger partial charge is 0.352 e. The first-order chi connectivity index (χ1) is 8.84. The fourth-order valence-electron chi connectivity index (χ4n) is 3.04. The van der Waals surface area contributed by atoms with E-state index >= 15 is 0 Å². The van der Waals surface area contributed by atoms with E-state index in [-0.39, 0.29) is 11.8 Å². The standard InChI is InChI=1S/C14H20N2OS/c17-14(16-10-3-2-7-15-9-10)12-4-1-5-13-11(12)6-8-18-13/h6,8,10,12,15H,1-5,7,9H2,(H,16,17)/t10-,12?/m0/s1. The molecule has 0 aromatic carbocycles. The van der Waals surface area contributed by atoms with E-state index in [9.17, 15) is 4.79 Å². The van der Waals surface area contributed by atoms with E-state index in [0.717, 1.165) is 38.8 Å². The lowest BCUT2D eigenvalue weighted by atomic mass is 9.87. The quantitative estimate of drug-likeness (QED) is 0.858. The number of fused-ring (bicyclic) bond motifs is 1. The van der Waals surface area contributed by atoms with Crippen molar-refractivity contribution in [3.8, 4) is 0 Å². The number of carbonyl (C=O) groups excluding carboxylic acids is 1. The minimum Gasteiger partial charge on any atom is -0.352 e. The molecule has 3 rings (SSSR count). The van der Waals surface area contributed by atoms with E-state index in [0.29, 0.717) is 6.04 Å². The summed E-state index contributed by atoms with van der Waals surface area (Å²) in [6.07, 6.45) is 5.59. The molecule has 98 valence electrons. The molecule has 0 spiro atoms. The Morgan fingerprint density at radius 2 is 2.33 bits per heavy atom. The monoisotopic (exact) mass is 264 g/mol. The minimum atomic E-state index is 0.0990. The predicted molar refractivity (Wildman–Crippen MR) is 74.0 cm³/mol. The SMILES string of the molecule is O=C(N[C@H]1CCCNC1)C1CCCc2sccc21. The summed E-state index contributed by atoms with van der Waals surface area (Å²) in [7, 11) is 0. The van der Waals surface area contributed by atoms with Gasteiger partial charge in [0, 0.05) is 17.5 Å². The van der Waals surface area contributed by atoms with Gasteiger partial charge in [0.25, 0.3) is 0 Å². The average molecular weight is 264 g/mol. The molecule has 2 heterocycles. The summed E-state index contributed by atoms with van der Waals surface area (Å²) in [5.41, 5.74) is 1.28. The van der Waals surface area contributed by atoms with Crippen molar-refractivity contribution in [1.29, 1.82) is 0 Å². The lowest BCUT2D eigenvalue weighted by molar-refractivity contribution is -0.123. The van der Waals surface area contributed by atoms with E-state index in [1.54, 1.807) is 11.3 Å². The number of hydrogen-bond donors (Lipinski definition) is 2. The number of thiophene rings is 1. The van der Waals surface area contributed by atoms with Crippen LogP contribution in [0, 0.1) is 0 Å². The Morgan fingerprint density at radius 3 is 3.17 bits per heavy atom. The Hall–Kier alpha value is -0.870. The van der Waals surface area contributed by atoms with Crippen molar-refractivity contribution in [2.24, 2.45) is 0 Å². The zero-order chi connectivity index (χ0) is 12.4. The topological polar surface area (TPSA) is 41.1 Å². The fourth-order valence-corrected chi connectivity index (χ4v) is 4.02. The van der Waals surface area contributed by atoms with Gasteiger partial charge in [-0.2, -0.15) is 0 Å². The van der Waals surface area contributed by atoms with Gasteiger partial charge in [0.05, 0.1) is 5.92 Å². The zero-order valence-corrected chi connectivity index (χ0v) is 11.4. The van der Waals surface area contributed by atoms with Crippen LogP contribution in [-0.4, -0.2) is 25.0 Å². The number of aryl methyl sites for hydroxylation is 1. The van der Waals surface area contributed by atoms with Gasteiger partial charge in [-0.1, -0.05) is 0 Å². The highest BCUT2D eigenvalue weighted by Crippen LogP contribution is 2.35. The van der Waals surface area contributed by atoms with Crippen LogP contribution in [0.3, 0.4) is 0 Å². The van der Waals surface area contributed by atoms with E-state index in [1.807, 2.05) is 0 Å². The molecule has 2 atom stereocenters. The highest BCUT2D eigenvalue weighted by molar-refractivity contribution is 7.10. The minimum absolute atomic E-state index is 0.0990. The molecular formula is C14H20N2OS. The van der Waals surface area contributed by atoms with Crippen LogP contribution in [0.25, 0.3) is 0 Å². The summed E-state index contributed by atoms with van der Waals surface area (Å²) in [6.45, 7) is 2.01. The van der Waals surface area contributed by atoms with Crippen LogP contribution in [0.1, 0.15) is 42.0 Å². The van der Waals surface area contributed by atoms with Crippen LogP contribution in [0.4, 0.5) is 0 Å². The van der Waals surface area contributed by atoms with Crippen LogP contribution in [-0.2, 0) is 11.2 Å². The Balaban J connectivity index is 1.66. The molecule has 2 aliphatic rings. The van der Waals surface area contributed by atoms with Gasteiger partial charge in [0.1, 0.15) is 0 Å². The van der Waals surface area contributed by atoms with Gasteiger partial charge in [0.2, 0.25) is 5.91 Å². The van der Waals surface area contributed by atoms with Crippen molar-refractivity contribution in [1.82, 2.24) is 10.6 Å². The maximum atomic E-state index is 12.4. The molecule has 18 heavy (non-hydrogen) atoms. The Kier molecular flexibility index (Phi) is 3.66. The highest BCUT2D eigenvalue weighted by Gasteiger charge is 2.28. The summed E-state index contributed by atoms with van der Waals surface area (Å²) in [5.74, 6) is 0.338. The molecule has 1 unspecified atom stereocenters. The van der Waals surface area contributed by atoms with Gasteiger partial charge >= 0.3 is 0 Å². The summed E-state index contributed by atoms with van der Waals surface area (Å²) >= 11 is 1.80. The lowest BCUT2D eigenvalue weighted by Gasteiger charge is -2.28. The van der Waals surface area contributed by atoms with Crippen LogP contribution in [0.15, 0.2) is 11.4 Å². The van der Waals surface area contributed by atoms with Crippen LogP contribution in [0.5, 0.6) is 0 Å². The van der Waals surface area contributed by atoms with Crippen molar-refractivity contribution in [3.63, 3.8) is 0 Å². The first-order valence-electron chi connectivity index (χ1n) is 6.92. The molecule has 0 radical (unpaired) electrons. The van der Waals surface area contributed by atoms with Gasteiger partial charge in [-0.25, -0.2) is 0 Å². The third kappa shape index (κ3) is 2.45. The van der Waals surface area contributed by atoms with E-state index in [1.165, 1.54) is 16.9 Å². The number of hydrogen-bond acceptors (Lipinski definition) is 3. The van der Waals surface area contributed by atoms with Crippen molar-refractivity contribution in [3.05, 3.63) is 21.9 Å². The number of rotatable bonds is 2. The summed E-state index contributed by atoms with van der Waals surface area (Å²) in [4.78, 5) is 13.8. The van der Waals surface area contributed by atoms with Crippen LogP contribution in [0.2, 0.25) is 0 Å². The molecule has 1 aromatic heterocycles. The Labute approximate surface area is 112 Å². The normalized spacial score (nSPS) is 27.6. The smallest absolute Gasteiger partial charge is 0.227 e. The van der Waals surface area contributed by atoms with Gasteiger partial charge in [-0.05, 0) is 55.7 Å². The first-order valence-corrected chi connectivity index (χ1v) is 7.80. The molecule has 1 aliphatic heterocycles. The molecular weight excluding hydrogens is 244 g/mol. The van der Waals surface area contributed by atoms with Gasteiger partial charge in [-0.3, -0.25) is 4.79 Å². The van der Waals surface area contributed by atoms with Gasteiger partial charge < -0.3 is 10.6 Å². The van der Waals surface area contributed by atoms with Crippen molar-refractivity contribution < 1.29 is 4.79 Å². The third-order valence-corrected chi connectivity index (χ3v) is 5.01. The molecule has 0 bridgehead atoms. The maximum Gasteiger partial charge on any atom is 0.227 e. The Morgan fingerprint density at radius 1 is 1.39 bits per heavy atom. The molecule has 3 nitrogen and oxygen atoms in total. The van der Waals surface area contributed by atoms with Crippen LogP contribution < -0.4 is 10.6 Å². The Bertz CT molecular complexity index is 423. The molecule has 1 aromatic rings. The summed E-state index contributed by atoms with van der Waals surface area (Å²) < 4.78 is 0. The van der Waals surface area contributed by atoms with Crippen molar-refractivity contribution >= 4 is 17.2 Å². The van der Waals surface area contributed by atoms with Gasteiger partial charge in [0.15, 0.2) is 0 Å². The number of nitrogens with one attached hydrogen (secondary N) is 2. The second kappa shape index (κ2) is 5.41.